The van der Waals surface area contributed by atoms with Gasteiger partial charge in [-0.2, -0.15) is 0 Å². The molecule has 1 aromatic rings. The quantitative estimate of drug-likeness (QED) is 0.742. The van der Waals surface area contributed by atoms with E-state index in [0.717, 1.165) is 5.56 Å². The Kier molecular flexibility index (Phi) is 3.96. The summed E-state index contributed by atoms with van der Waals surface area (Å²) in [6, 6.07) is 4.78. The molecule has 0 aliphatic carbocycles. The van der Waals surface area contributed by atoms with Gasteiger partial charge >= 0.3 is 0 Å². The fraction of sp³-hybridized carbons (Fsp3) is 0.385. The number of rotatable bonds is 4. The van der Waals surface area contributed by atoms with Gasteiger partial charge < -0.3 is 16.2 Å². The average Bonchev–Trinajstić information content (AvgIpc) is 2.25. The van der Waals surface area contributed by atoms with Gasteiger partial charge in [-0.25, -0.2) is 0 Å². The Morgan fingerprint density at radius 1 is 1.39 bits per heavy atom. The van der Waals surface area contributed by atoms with E-state index in [0.29, 0.717) is 0 Å². The van der Waals surface area contributed by atoms with Gasteiger partial charge in [0.15, 0.2) is 0 Å². The second kappa shape index (κ2) is 5.08. The highest BCUT2D eigenvalue weighted by atomic mass is 16.3. The molecule has 5 nitrogen and oxygen atoms in total. The number of hydrogen-bond acceptors (Lipinski definition) is 3. The van der Waals surface area contributed by atoms with Crippen molar-refractivity contribution in [3.63, 3.8) is 0 Å². The SMILES string of the molecule is Cc1ccc(C(=O)NCC(C)(C)C(N)=O)c(O)c1. The number of carbonyl (C=O) groups excluding carboxylic acids is 2. The van der Waals surface area contributed by atoms with Gasteiger partial charge in [-0.05, 0) is 38.5 Å². The fourth-order valence-electron chi connectivity index (χ4n) is 1.32. The Balaban J connectivity index is 2.75. The van der Waals surface area contributed by atoms with Crippen LogP contribution >= 0.6 is 0 Å². The van der Waals surface area contributed by atoms with E-state index in [4.69, 9.17) is 5.73 Å². The zero-order valence-corrected chi connectivity index (χ0v) is 10.8. The molecule has 0 saturated heterocycles. The van der Waals surface area contributed by atoms with Crippen LogP contribution in [-0.4, -0.2) is 23.5 Å². The Bertz CT molecular complexity index is 481. The molecule has 5 heteroatoms. The van der Waals surface area contributed by atoms with E-state index in [2.05, 4.69) is 5.32 Å². The van der Waals surface area contributed by atoms with Crippen LogP contribution in [0.3, 0.4) is 0 Å². The van der Waals surface area contributed by atoms with Crippen molar-refractivity contribution >= 4 is 11.8 Å². The maximum Gasteiger partial charge on any atom is 0.255 e. The Morgan fingerprint density at radius 2 is 2.00 bits per heavy atom. The number of hydrogen-bond donors (Lipinski definition) is 3. The third-order valence-electron chi connectivity index (χ3n) is 2.76. The van der Waals surface area contributed by atoms with E-state index in [9.17, 15) is 14.7 Å². The summed E-state index contributed by atoms with van der Waals surface area (Å²) in [6.07, 6.45) is 0. The zero-order chi connectivity index (χ0) is 13.9. The van der Waals surface area contributed by atoms with Crippen LogP contribution in [0.4, 0.5) is 0 Å². The summed E-state index contributed by atoms with van der Waals surface area (Å²) < 4.78 is 0. The Hall–Kier alpha value is -2.04. The highest BCUT2D eigenvalue weighted by Gasteiger charge is 2.26. The van der Waals surface area contributed by atoms with Gasteiger partial charge in [-0.15, -0.1) is 0 Å². The molecule has 1 aromatic carbocycles. The normalized spacial score (nSPS) is 11.1. The molecular weight excluding hydrogens is 232 g/mol. The molecule has 2 amide bonds. The summed E-state index contributed by atoms with van der Waals surface area (Å²) in [5.74, 6) is -0.998. The minimum Gasteiger partial charge on any atom is -0.507 e. The molecule has 0 saturated carbocycles. The van der Waals surface area contributed by atoms with E-state index in [-0.39, 0.29) is 17.9 Å². The second-order valence-corrected chi connectivity index (χ2v) is 4.95. The lowest BCUT2D eigenvalue weighted by atomic mass is 9.92. The number of amides is 2. The molecule has 1 rings (SSSR count). The summed E-state index contributed by atoms with van der Waals surface area (Å²) in [6.45, 7) is 5.22. The minimum absolute atomic E-state index is 0.0793. The molecule has 0 atom stereocenters. The third-order valence-corrected chi connectivity index (χ3v) is 2.76. The van der Waals surface area contributed by atoms with Crippen molar-refractivity contribution in [2.75, 3.05) is 6.54 Å². The van der Waals surface area contributed by atoms with Crippen LogP contribution in [-0.2, 0) is 4.79 Å². The van der Waals surface area contributed by atoms with E-state index in [1.54, 1.807) is 19.9 Å². The maximum atomic E-state index is 11.8. The lowest BCUT2D eigenvalue weighted by molar-refractivity contribution is -0.125. The van der Waals surface area contributed by atoms with Crippen molar-refractivity contribution < 1.29 is 14.7 Å². The van der Waals surface area contributed by atoms with Crippen molar-refractivity contribution in [1.29, 1.82) is 0 Å². The van der Waals surface area contributed by atoms with Crippen LogP contribution in [0.25, 0.3) is 0 Å². The van der Waals surface area contributed by atoms with E-state index in [1.165, 1.54) is 12.1 Å². The number of phenolic OH excluding ortho intramolecular Hbond substituents is 1. The molecule has 0 aliphatic heterocycles. The number of benzene rings is 1. The van der Waals surface area contributed by atoms with Crippen LogP contribution in [0, 0.1) is 12.3 Å². The number of aromatic hydroxyl groups is 1. The third kappa shape index (κ3) is 3.23. The fourth-order valence-corrected chi connectivity index (χ4v) is 1.32. The summed E-state index contributed by atoms with van der Waals surface area (Å²) in [5.41, 5.74) is 5.43. The lowest BCUT2D eigenvalue weighted by Crippen LogP contribution is -2.42. The predicted molar refractivity (Wildman–Crippen MR) is 68.2 cm³/mol. The molecule has 0 fully saturated rings. The number of nitrogens with one attached hydrogen (secondary N) is 1. The van der Waals surface area contributed by atoms with Crippen molar-refractivity contribution in [3.8, 4) is 5.75 Å². The summed E-state index contributed by atoms with van der Waals surface area (Å²) in [4.78, 5) is 22.9. The Labute approximate surface area is 106 Å². The largest absolute Gasteiger partial charge is 0.507 e. The average molecular weight is 250 g/mol. The van der Waals surface area contributed by atoms with Gasteiger partial charge in [0.25, 0.3) is 5.91 Å². The van der Waals surface area contributed by atoms with Gasteiger partial charge in [-0.3, -0.25) is 9.59 Å². The molecule has 0 aromatic heterocycles. The number of nitrogens with two attached hydrogens (primary N) is 1. The Morgan fingerprint density at radius 3 is 2.50 bits per heavy atom. The van der Waals surface area contributed by atoms with E-state index < -0.39 is 17.2 Å². The summed E-state index contributed by atoms with van der Waals surface area (Å²) in [7, 11) is 0. The number of phenols is 1. The van der Waals surface area contributed by atoms with Gasteiger partial charge in [0.05, 0.1) is 11.0 Å². The first-order chi connectivity index (χ1) is 8.24. The zero-order valence-electron chi connectivity index (χ0n) is 10.8. The first kappa shape index (κ1) is 14.0. The van der Waals surface area contributed by atoms with Crippen molar-refractivity contribution in [3.05, 3.63) is 29.3 Å². The maximum absolute atomic E-state index is 11.8. The molecule has 0 aliphatic rings. The second-order valence-electron chi connectivity index (χ2n) is 4.95. The van der Waals surface area contributed by atoms with Crippen LogP contribution in [0.2, 0.25) is 0 Å². The highest BCUT2D eigenvalue weighted by molar-refractivity contribution is 5.97. The predicted octanol–water partition coefficient (Wildman–Crippen LogP) is 0.942. The molecule has 4 N–H and O–H groups in total. The summed E-state index contributed by atoms with van der Waals surface area (Å²) >= 11 is 0. The highest BCUT2D eigenvalue weighted by Crippen LogP contribution is 2.19. The standard InChI is InChI=1S/C13H18N2O3/c1-8-4-5-9(10(16)6-8)11(17)15-7-13(2,3)12(14)18/h4-6,16H,7H2,1-3H3,(H2,14,18)(H,15,17). The number of carbonyl (C=O) groups is 2. The van der Waals surface area contributed by atoms with Crippen molar-refractivity contribution in [1.82, 2.24) is 5.32 Å². The molecule has 0 spiro atoms. The lowest BCUT2D eigenvalue weighted by Gasteiger charge is -2.20. The molecule has 0 bridgehead atoms. The number of primary amides is 1. The molecule has 0 heterocycles. The number of aryl methyl sites for hydroxylation is 1. The van der Waals surface area contributed by atoms with Crippen molar-refractivity contribution in [2.45, 2.75) is 20.8 Å². The first-order valence-electron chi connectivity index (χ1n) is 5.62. The summed E-state index contributed by atoms with van der Waals surface area (Å²) in [5, 5.41) is 12.2. The molecule has 98 valence electrons. The molecule has 0 unspecified atom stereocenters. The molecular formula is C13H18N2O3. The van der Waals surface area contributed by atoms with Gasteiger partial charge in [0.1, 0.15) is 5.75 Å². The van der Waals surface area contributed by atoms with Crippen LogP contribution < -0.4 is 11.1 Å². The van der Waals surface area contributed by atoms with Crippen LogP contribution in [0.1, 0.15) is 29.8 Å². The van der Waals surface area contributed by atoms with Crippen LogP contribution in [0.15, 0.2) is 18.2 Å². The van der Waals surface area contributed by atoms with E-state index in [1.807, 2.05) is 6.92 Å². The topological polar surface area (TPSA) is 92.4 Å². The van der Waals surface area contributed by atoms with Gasteiger partial charge in [0.2, 0.25) is 5.91 Å². The monoisotopic (exact) mass is 250 g/mol. The van der Waals surface area contributed by atoms with Gasteiger partial charge in [-0.1, -0.05) is 6.07 Å². The molecule has 18 heavy (non-hydrogen) atoms. The van der Waals surface area contributed by atoms with Gasteiger partial charge in [0, 0.05) is 6.54 Å². The van der Waals surface area contributed by atoms with E-state index >= 15 is 0 Å². The first-order valence-corrected chi connectivity index (χ1v) is 5.62. The van der Waals surface area contributed by atoms with Crippen molar-refractivity contribution in [2.24, 2.45) is 11.1 Å². The van der Waals surface area contributed by atoms with Crippen LogP contribution in [0.5, 0.6) is 5.75 Å². The smallest absolute Gasteiger partial charge is 0.255 e. The molecule has 0 radical (unpaired) electrons. The minimum atomic E-state index is -0.823.